The first-order valence-corrected chi connectivity index (χ1v) is 10.2. The molecular weight excluding hydrogens is 380 g/mol. The van der Waals surface area contributed by atoms with Crippen molar-refractivity contribution in [2.75, 3.05) is 27.8 Å². The number of ether oxygens (including phenoxy) is 2. The quantitative estimate of drug-likeness (QED) is 0.657. The molecule has 2 aromatic rings. The van der Waals surface area contributed by atoms with Gasteiger partial charge in [-0.15, -0.1) is 0 Å². The van der Waals surface area contributed by atoms with Crippen LogP contribution in [-0.4, -0.2) is 61.6 Å². The Morgan fingerprint density at radius 3 is 2.40 bits per heavy atom. The number of fused-ring (bicyclic) bond motifs is 1. The standard InChI is InChI=1S/C24H30N2O4/c1-17(13-18-9-11-21(29-3)12-10-18)25(2)16-23(27)26-15-20-8-6-5-7-19(20)14-22(26)24(28)30-4/h5-12,17,22H,13-16H2,1-4H3. The Bertz CT molecular complexity index is 881. The molecule has 0 fully saturated rings. The molecule has 30 heavy (non-hydrogen) atoms. The zero-order valence-electron chi connectivity index (χ0n) is 18.1. The summed E-state index contributed by atoms with van der Waals surface area (Å²) in [7, 11) is 4.96. The molecule has 0 spiro atoms. The molecule has 0 aliphatic carbocycles. The molecule has 2 aromatic carbocycles. The Hall–Kier alpha value is -2.86. The lowest BCUT2D eigenvalue weighted by molar-refractivity contribution is -0.154. The monoisotopic (exact) mass is 410 g/mol. The predicted molar refractivity (Wildman–Crippen MR) is 115 cm³/mol. The predicted octanol–water partition coefficient (Wildman–Crippen LogP) is 2.68. The average molecular weight is 411 g/mol. The smallest absolute Gasteiger partial charge is 0.328 e. The van der Waals surface area contributed by atoms with E-state index in [2.05, 4.69) is 6.92 Å². The summed E-state index contributed by atoms with van der Waals surface area (Å²) >= 11 is 0. The zero-order valence-corrected chi connectivity index (χ0v) is 18.1. The van der Waals surface area contributed by atoms with Gasteiger partial charge in [-0.3, -0.25) is 9.69 Å². The Balaban J connectivity index is 1.66. The first-order chi connectivity index (χ1) is 14.4. The maximum atomic E-state index is 13.1. The van der Waals surface area contributed by atoms with Crippen LogP contribution in [0.4, 0.5) is 0 Å². The number of carbonyl (C=O) groups is 2. The van der Waals surface area contributed by atoms with Gasteiger partial charge in [0, 0.05) is 19.0 Å². The van der Waals surface area contributed by atoms with Gasteiger partial charge in [-0.2, -0.15) is 0 Å². The van der Waals surface area contributed by atoms with Crippen molar-refractivity contribution in [1.82, 2.24) is 9.80 Å². The fraction of sp³-hybridized carbons (Fsp3) is 0.417. The summed E-state index contributed by atoms with van der Waals surface area (Å²) in [6.07, 6.45) is 1.30. The van der Waals surface area contributed by atoms with E-state index in [0.717, 1.165) is 23.3 Å². The van der Waals surface area contributed by atoms with Crippen LogP contribution in [0.1, 0.15) is 23.6 Å². The van der Waals surface area contributed by atoms with Gasteiger partial charge in [0.15, 0.2) is 0 Å². The maximum absolute atomic E-state index is 13.1. The fourth-order valence-electron chi connectivity index (χ4n) is 3.85. The number of esters is 1. The van der Waals surface area contributed by atoms with Gasteiger partial charge in [-0.05, 0) is 49.2 Å². The molecule has 0 radical (unpaired) electrons. The summed E-state index contributed by atoms with van der Waals surface area (Å²) in [6, 6.07) is 15.5. The molecule has 0 N–H and O–H groups in total. The van der Waals surface area contributed by atoms with E-state index in [-0.39, 0.29) is 24.5 Å². The summed E-state index contributed by atoms with van der Waals surface area (Å²) in [4.78, 5) is 29.2. The molecule has 1 heterocycles. The van der Waals surface area contributed by atoms with Gasteiger partial charge >= 0.3 is 5.97 Å². The van der Waals surface area contributed by atoms with Crippen LogP contribution in [0, 0.1) is 0 Å². The minimum atomic E-state index is -0.581. The van der Waals surface area contributed by atoms with Gasteiger partial charge in [0.05, 0.1) is 20.8 Å². The molecule has 6 heteroatoms. The first kappa shape index (κ1) is 21.8. The number of methoxy groups -OCH3 is 2. The molecule has 0 saturated carbocycles. The number of carbonyl (C=O) groups excluding carboxylic acids is 2. The second kappa shape index (κ2) is 9.76. The summed E-state index contributed by atoms with van der Waals surface area (Å²) in [5, 5.41) is 0. The van der Waals surface area contributed by atoms with Gasteiger partial charge < -0.3 is 14.4 Å². The average Bonchev–Trinajstić information content (AvgIpc) is 2.77. The van der Waals surface area contributed by atoms with E-state index in [9.17, 15) is 9.59 Å². The lowest BCUT2D eigenvalue weighted by Gasteiger charge is -2.36. The lowest BCUT2D eigenvalue weighted by atomic mass is 9.94. The third kappa shape index (κ3) is 5.00. The van der Waals surface area contributed by atoms with Gasteiger partial charge in [-0.1, -0.05) is 36.4 Å². The van der Waals surface area contributed by atoms with Gasteiger partial charge in [0.1, 0.15) is 11.8 Å². The van der Waals surface area contributed by atoms with Crippen molar-refractivity contribution in [2.24, 2.45) is 0 Å². The minimum Gasteiger partial charge on any atom is -0.497 e. The van der Waals surface area contributed by atoms with Crippen molar-refractivity contribution in [3.63, 3.8) is 0 Å². The van der Waals surface area contributed by atoms with Crippen molar-refractivity contribution in [3.8, 4) is 5.75 Å². The highest BCUT2D eigenvalue weighted by Gasteiger charge is 2.35. The van der Waals surface area contributed by atoms with Gasteiger partial charge in [0.2, 0.25) is 5.91 Å². The minimum absolute atomic E-state index is 0.0658. The van der Waals surface area contributed by atoms with Crippen LogP contribution in [0.15, 0.2) is 48.5 Å². The van der Waals surface area contributed by atoms with Crippen LogP contribution in [0.3, 0.4) is 0 Å². The molecule has 1 aliphatic heterocycles. The highest BCUT2D eigenvalue weighted by Crippen LogP contribution is 2.24. The number of amides is 1. The number of likely N-dealkylation sites (N-methyl/N-ethyl adjacent to an activating group) is 1. The van der Waals surface area contributed by atoms with E-state index in [1.807, 2.05) is 60.5 Å². The highest BCUT2D eigenvalue weighted by molar-refractivity contribution is 5.86. The Morgan fingerprint density at radius 2 is 1.77 bits per heavy atom. The zero-order chi connectivity index (χ0) is 21.7. The van der Waals surface area contributed by atoms with Crippen LogP contribution in [0.5, 0.6) is 5.75 Å². The summed E-state index contributed by atoms with van der Waals surface area (Å²) in [5.74, 6) is 0.393. The van der Waals surface area contributed by atoms with E-state index in [0.29, 0.717) is 13.0 Å². The first-order valence-electron chi connectivity index (χ1n) is 10.2. The van der Waals surface area contributed by atoms with Crippen molar-refractivity contribution in [3.05, 3.63) is 65.2 Å². The Morgan fingerprint density at radius 1 is 1.10 bits per heavy atom. The lowest BCUT2D eigenvalue weighted by Crippen LogP contribution is -2.52. The van der Waals surface area contributed by atoms with Crippen LogP contribution in [-0.2, 0) is 33.7 Å². The summed E-state index contributed by atoms with van der Waals surface area (Å²) in [6.45, 7) is 2.77. The fourth-order valence-corrected chi connectivity index (χ4v) is 3.85. The topological polar surface area (TPSA) is 59.1 Å². The normalized spacial score (nSPS) is 16.7. The van der Waals surface area contributed by atoms with E-state index in [1.165, 1.54) is 12.7 Å². The SMILES string of the molecule is COC(=O)C1Cc2ccccc2CN1C(=O)CN(C)C(C)Cc1ccc(OC)cc1. The van der Waals surface area contributed by atoms with Crippen molar-refractivity contribution in [2.45, 2.75) is 38.4 Å². The second-order valence-corrected chi connectivity index (χ2v) is 7.85. The molecule has 0 saturated heterocycles. The van der Waals surface area contributed by atoms with Crippen molar-refractivity contribution >= 4 is 11.9 Å². The molecule has 3 rings (SSSR count). The number of hydrogen-bond donors (Lipinski definition) is 0. The number of nitrogens with zero attached hydrogens (tertiary/aromatic N) is 2. The molecular formula is C24H30N2O4. The molecule has 0 aromatic heterocycles. The van der Waals surface area contributed by atoms with Gasteiger partial charge in [-0.25, -0.2) is 4.79 Å². The van der Waals surface area contributed by atoms with E-state index >= 15 is 0 Å². The van der Waals surface area contributed by atoms with Gasteiger partial charge in [0.25, 0.3) is 0 Å². The van der Waals surface area contributed by atoms with Crippen LogP contribution >= 0.6 is 0 Å². The third-order valence-corrected chi connectivity index (χ3v) is 5.87. The van der Waals surface area contributed by atoms with Crippen molar-refractivity contribution in [1.29, 1.82) is 0 Å². The summed E-state index contributed by atoms with van der Waals surface area (Å²) in [5.41, 5.74) is 3.36. The number of hydrogen-bond acceptors (Lipinski definition) is 5. The maximum Gasteiger partial charge on any atom is 0.328 e. The van der Waals surface area contributed by atoms with Crippen LogP contribution < -0.4 is 4.74 Å². The molecule has 0 bridgehead atoms. The Labute approximate surface area is 178 Å². The van der Waals surface area contributed by atoms with Crippen molar-refractivity contribution < 1.29 is 19.1 Å². The summed E-state index contributed by atoms with van der Waals surface area (Å²) < 4.78 is 10.2. The molecule has 2 atom stereocenters. The molecule has 2 unspecified atom stereocenters. The van der Waals surface area contributed by atoms with E-state index in [4.69, 9.17) is 9.47 Å². The highest BCUT2D eigenvalue weighted by atomic mass is 16.5. The van der Waals surface area contributed by atoms with Crippen LogP contribution in [0.25, 0.3) is 0 Å². The van der Waals surface area contributed by atoms with Crippen LogP contribution in [0.2, 0.25) is 0 Å². The number of rotatable bonds is 7. The van der Waals surface area contributed by atoms with E-state index < -0.39 is 6.04 Å². The Kier molecular flexibility index (Phi) is 7.11. The third-order valence-electron chi connectivity index (χ3n) is 5.87. The molecule has 1 amide bonds. The molecule has 160 valence electrons. The molecule has 6 nitrogen and oxygen atoms in total. The molecule has 1 aliphatic rings. The number of benzene rings is 2. The largest absolute Gasteiger partial charge is 0.497 e. The van der Waals surface area contributed by atoms with E-state index in [1.54, 1.807) is 12.0 Å². The second-order valence-electron chi connectivity index (χ2n) is 7.85.